The van der Waals surface area contributed by atoms with Crippen molar-refractivity contribution in [2.75, 3.05) is 13.2 Å². The van der Waals surface area contributed by atoms with E-state index in [1.165, 1.54) is 0 Å². The highest BCUT2D eigenvalue weighted by molar-refractivity contribution is 6.31. The Kier molecular flexibility index (Phi) is 9.44. The number of halogens is 2. The van der Waals surface area contributed by atoms with E-state index in [9.17, 15) is 19.3 Å². The lowest BCUT2D eigenvalue weighted by Crippen LogP contribution is -2.11. The van der Waals surface area contributed by atoms with Gasteiger partial charge in [-0.15, -0.1) is 0 Å². The standard InChI is InChI=1S/C7H3ClFNO3.C6H14O2/c8-5-2-7(10(12)13)4(3-11)1-6(5)9;1-4-7-6(3)8-5-2/h1-3H;6H,4-5H2,1-3H3. The van der Waals surface area contributed by atoms with Gasteiger partial charge in [0.05, 0.1) is 15.5 Å². The number of carbonyl (C=O) groups excluding carboxylic acids is 1. The molecule has 0 unspecified atom stereocenters. The summed E-state index contributed by atoms with van der Waals surface area (Å²) in [6, 6.07) is 1.54. The van der Waals surface area contributed by atoms with Gasteiger partial charge in [-0.05, 0) is 26.8 Å². The van der Waals surface area contributed by atoms with Gasteiger partial charge in [0.15, 0.2) is 12.6 Å². The highest BCUT2D eigenvalue weighted by Gasteiger charge is 2.16. The number of nitrogens with zero attached hydrogens (tertiary/aromatic N) is 1. The van der Waals surface area contributed by atoms with Gasteiger partial charge in [0, 0.05) is 19.3 Å². The molecular formula is C13H17ClFNO5. The Morgan fingerprint density at radius 2 is 1.90 bits per heavy atom. The van der Waals surface area contributed by atoms with E-state index < -0.39 is 16.4 Å². The summed E-state index contributed by atoms with van der Waals surface area (Å²) in [5.41, 5.74) is -0.826. The number of ether oxygens (including phenoxy) is 2. The van der Waals surface area contributed by atoms with Crippen molar-refractivity contribution in [2.24, 2.45) is 0 Å². The minimum atomic E-state index is -0.852. The van der Waals surface area contributed by atoms with Crippen LogP contribution in [0.15, 0.2) is 12.1 Å². The predicted molar refractivity (Wildman–Crippen MR) is 76.2 cm³/mol. The quantitative estimate of drug-likeness (QED) is 0.346. The average Bonchev–Trinajstić information content (AvgIpc) is 2.42. The first kappa shape index (κ1) is 19.4. The Morgan fingerprint density at radius 3 is 2.29 bits per heavy atom. The van der Waals surface area contributed by atoms with E-state index >= 15 is 0 Å². The summed E-state index contributed by atoms with van der Waals surface area (Å²) in [5.74, 6) is -0.852. The van der Waals surface area contributed by atoms with E-state index in [-0.39, 0.29) is 23.2 Å². The lowest BCUT2D eigenvalue weighted by molar-refractivity contribution is -0.385. The minimum Gasteiger partial charge on any atom is -0.353 e. The zero-order valence-electron chi connectivity index (χ0n) is 12.0. The van der Waals surface area contributed by atoms with Crippen molar-refractivity contribution in [3.8, 4) is 0 Å². The second-order valence-electron chi connectivity index (χ2n) is 3.68. The molecule has 0 saturated heterocycles. The number of nitro benzene ring substituents is 1. The largest absolute Gasteiger partial charge is 0.353 e. The van der Waals surface area contributed by atoms with E-state index in [2.05, 4.69) is 0 Å². The molecule has 0 aliphatic heterocycles. The third-order valence-corrected chi connectivity index (χ3v) is 2.49. The van der Waals surface area contributed by atoms with E-state index in [0.29, 0.717) is 0 Å². The molecule has 0 amide bonds. The van der Waals surface area contributed by atoms with E-state index in [4.69, 9.17) is 21.1 Å². The van der Waals surface area contributed by atoms with Crippen LogP contribution >= 0.6 is 11.6 Å². The first-order valence-electron chi connectivity index (χ1n) is 6.19. The summed E-state index contributed by atoms with van der Waals surface area (Å²) in [6.45, 7) is 7.25. The zero-order valence-corrected chi connectivity index (χ0v) is 12.7. The molecule has 1 aromatic rings. The van der Waals surface area contributed by atoms with Gasteiger partial charge in [-0.25, -0.2) is 4.39 Å². The summed E-state index contributed by atoms with van der Waals surface area (Å²) in [5, 5.41) is 9.93. The number of aldehydes is 1. The number of benzene rings is 1. The molecule has 0 fully saturated rings. The van der Waals surface area contributed by atoms with Gasteiger partial charge in [0.25, 0.3) is 5.69 Å². The monoisotopic (exact) mass is 321 g/mol. The molecule has 1 aromatic carbocycles. The third-order valence-electron chi connectivity index (χ3n) is 2.20. The van der Waals surface area contributed by atoms with Crippen molar-refractivity contribution in [3.63, 3.8) is 0 Å². The molecule has 8 heteroatoms. The van der Waals surface area contributed by atoms with E-state index in [1.54, 1.807) is 0 Å². The maximum atomic E-state index is 12.7. The van der Waals surface area contributed by atoms with Crippen LogP contribution < -0.4 is 0 Å². The molecule has 1 rings (SSSR count). The highest BCUT2D eigenvalue weighted by Crippen LogP contribution is 2.24. The van der Waals surface area contributed by atoms with Gasteiger partial charge < -0.3 is 9.47 Å². The molecule has 21 heavy (non-hydrogen) atoms. The topological polar surface area (TPSA) is 78.7 Å². The van der Waals surface area contributed by atoms with Crippen molar-refractivity contribution >= 4 is 23.6 Å². The zero-order chi connectivity index (χ0) is 16.4. The van der Waals surface area contributed by atoms with Gasteiger partial charge in [-0.1, -0.05) is 11.6 Å². The number of hydrogen-bond acceptors (Lipinski definition) is 5. The predicted octanol–water partition coefficient (Wildman–Crippen LogP) is 3.61. The highest BCUT2D eigenvalue weighted by atomic mass is 35.5. The van der Waals surface area contributed by atoms with Gasteiger partial charge in [0.1, 0.15) is 5.82 Å². The first-order chi connectivity index (χ1) is 9.87. The van der Waals surface area contributed by atoms with E-state index in [1.807, 2.05) is 20.8 Å². The summed E-state index contributed by atoms with van der Waals surface area (Å²) in [6.07, 6.45) is 0.169. The molecule has 0 aliphatic rings. The molecule has 0 aromatic heterocycles. The Morgan fingerprint density at radius 1 is 1.38 bits per heavy atom. The minimum absolute atomic E-state index is 0.0370. The van der Waals surface area contributed by atoms with Crippen LogP contribution in [-0.4, -0.2) is 30.7 Å². The molecule has 0 bridgehead atoms. The third kappa shape index (κ3) is 7.12. The van der Waals surface area contributed by atoms with Crippen LogP contribution in [0.4, 0.5) is 10.1 Å². The number of carbonyl (C=O) groups is 1. The van der Waals surface area contributed by atoms with Crippen LogP contribution in [0.2, 0.25) is 5.02 Å². The maximum absolute atomic E-state index is 12.7. The molecule has 0 radical (unpaired) electrons. The molecule has 0 aliphatic carbocycles. The maximum Gasteiger partial charge on any atom is 0.281 e. The Hall–Kier alpha value is -1.57. The molecule has 0 N–H and O–H groups in total. The van der Waals surface area contributed by atoms with Gasteiger partial charge >= 0.3 is 0 Å². The Bertz CT molecular complexity index is 478. The molecule has 6 nitrogen and oxygen atoms in total. The smallest absolute Gasteiger partial charge is 0.281 e. The SMILES string of the molecule is CCOC(C)OCC.O=Cc1cc(F)c(Cl)cc1[N+](=O)[O-]. The van der Waals surface area contributed by atoms with Crippen LogP contribution in [0.25, 0.3) is 0 Å². The van der Waals surface area contributed by atoms with Crippen molar-refractivity contribution < 1.29 is 23.6 Å². The number of nitro groups is 1. The molecular weight excluding hydrogens is 305 g/mol. The molecule has 0 saturated carbocycles. The van der Waals surface area contributed by atoms with Gasteiger partial charge in [0.2, 0.25) is 0 Å². The van der Waals surface area contributed by atoms with Crippen molar-refractivity contribution in [2.45, 2.75) is 27.1 Å². The first-order valence-corrected chi connectivity index (χ1v) is 6.56. The molecule has 0 heterocycles. The average molecular weight is 322 g/mol. The van der Waals surface area contributed by atoms with Crippen molar-refractivity contribution in [1.29, 1.82) is 0 Å². The molecule has 0 spiro atoms. The summed E-state index contributed by atoms with van der Waals surface area (Å²) < 4.78 is 22.8. The molecule has 0 atom stereocenters. The Balaban J connectivity index is 0.000000433. The normalized spacial score (nSPS) is 10.0. The second-order valence-corrected chi connectivity index (χ2v) is 4.09. The van der Waals surface area contributed by atoms with Crippen LogP contribution in [0.1, 0.15) is 31.1 Å². The summed E-state index contributed by atoms with van der Waals surface area (Å²) >= 11 is 5.29. The van der Waals surface area contributed by atoms with Crippen LogP contribution in [0.3, 0.4) is 0 Å². The molecule has 118 valence electrons. The fourth-order valence-electron chi connectivity index (χ4n) is 1.32. The van der Waals surface area contributed by atoms with Crippen LogP contribution in [0, 0.1) is 15.9 Å². The lowest BCUT2D eigenvalue weighted by Gasteiger charge is -2.09. The van der Waals surface area contributed by atoms with Gasteiger partial charge in [-0.2, -0.15) is 0 Å². The summed E-state index contributed by atoms with van der Waals surface area (Å²) in [7, 11) is 0. The fraction of sp³-hybridized carbons (Fsp3) is 0.462. The van der Waals surface area contributed by atoms with Crippen LogP contribution in [0.5, 0.6) is 0 Å². The summed E-state index contributed by atoms with van der Waals surface area (Å²) in [4.78, 5) is 19.8. The van der Waals surface area contributed by atoms with E-state index in [0.717, 1.165) is 25.3 Å². The van der Waals surface area contributed by atoms with Crippen molar-refractivity contribution in [1.82, 2.24) is 0 Å². The fourth-order valence-corrected chi connectivity index (χ4v) is 1.48. The number of rotatable bonds is 6. The van der Waals surface area contributed by atoms with Crippen molar-refractivity contribution in [3.05, 3.63) is 38.7 Å². The number of hydrogen-bond donors (Lipinski definition) is 0. The Labute approximate surface area is 127 Å². The van der Waals surface area contributed by atoms with Gasteiger partial charge in [-0.3, -0.25) is 14.9 Å². The second kappa shape index (κ2) is 10.2. The van der Waals surface area contributed by atoms with Crippen LogP contribution in [-0.2, 0) is 9.47 Å². The lowest BCUT2D eigenvalue weighted by atomic mass is 10.2.